The van der Waals surface area contributed by atoms with Gasteiger partial charge in [-0.2, -0.15) is 0 Å². The highest BCUT2D eigenvalue weighted by atomic mass is 16.5. The van der Waals surface area contributed by atoms with Gasteiger partial charge in [-0.1, -0.05) is 13.0 Å². The predicted molar refractivity (Wildman–Crippen MR) is 95.5 cm³/mol. The number of carbonyl (C=O) groups excluding carboxylic acids is 1. The Morgan fingerprint density at radius 3 is 2.67 bits per heavy atom. The molecule has 1 fully saturated rings. The fraction of sp³-hybridized carbons (Fsp3) is 0.632. The zero-order chi connectivity index (χ0) is 17.5. The van der Waals surface area contributed by atoms with Crippen molar-refractivity contribution < 1.29 is 14.3 Å². The lowest BCUT2D eigenvalue weighted by Crippen LogP contribution is -2.36. The van der Waals surface area contributed by atoms with Gasteiger partial charge in [0.15, 0.2) is 11.5 Å². The number of amides is 1. The summed E-state index contributed by atoms with van der Waals surface area (Å²) >= 11 is 0. The van der Waals surface area contributed by atoms with E-state index < -0.39 is 0 Å². The van der Waals surface area contributed by atoms with Gasteiger partial charge >= 0.3 is 0 Å². The number of rotatable bonds is 7. The Balaban J connectivity index is 1.91. The molecule has 5 heteroatoms. The molecule has 1 aliphatic heterocycles. The van der Waals surface area contributed by atoms with Crippen LogP contribution in [0, 0.1) is 11.8 Å². The topological polar surface area (TPSA) is 59.6 Å². The zero-order valence-electron chi connectivity index (χ0n) is 15.2. The van der Waals surface area contributed by atoms with Crippen molar-refractivity contribution in [3.63, 3.8) is 0 Å². The molecule has 0 aromatic heterocycles. The van der Waals surface area contributed by atoms with Gasteiger partial charge < -0.3 is 20.1 Å². The van der Waals surface area contributed by atoms with Gasteiger partial charge in [-0.15, -0.1) is 0 Å². The largest absolute Gasteiger partial charge is 0.493 e. The van der Waals surface area contributed by atoms with Crippen molar-refractivity contribution in [3.05, 3.63) is 23.8 Å². The molecule has 1 aliphatic rings. The second-order valence-corrected chi connectivity index (χ2v) is 6.69. The van der Waals surface area contributed by atoms with E-state index >= 15 is 0 Å². The molecule has 0 radical (unpaired) electrons. The van der Waals surface area contributed by atoms with Crippen molar-refractivity contribution in [1.82, 2.24) is 10.6 Å². The van der Waals surface area contributed by atoms with Gasteiger partial charge in [-0.3, -0.25) is 4.79 Å². The average molecular weight is 334 g/mol. The van der Waals surface area contributed by atoms with Crippen LogP contribution in [0.25, 0.3) is 0 Å². The van der Waals surface area contributed by atoms with Crippen LogP contribution in [0.4, 0.5) is 0 Å². The molecule has 24 heavy (non-hydrogen) atoms. The lowest BCUT2D eigenvalue weighted by atomic mass is 9.85. The van der Waals surface area contributed by atoms with Crippen molar-refractivity contribution in [2.24, 2.45) is 11.8 Å². The number of hydrogen-bond acceptors (Lipinski definition) is 4. The molecule has 0 bridgehead atoms. The molecule has 2 rings (SSSR count). The molecule has 0 saturated carbocycles. The van der Waals surface area contributed by atoms with E-state index in [9.17, 15) is 4.79 Å². The molecule has 3 atom stereocenters. The van der Waals surface area contributed by atoms with Crippen LogP contribution in [0.5, 0.6) is 11.5 Å². The molecule has 0 unspecified atom stereocenters. The van der Waals surface area contributed by atoms with Gasteiger partial charge in [0.2, 0.25) is 5.91 Å². The molecule has 2 N–H and O–H groups in total. The quantitative estimate of drug-likeness (QED) is 0.805. The van der Waals surface area contributed by atoms with Crippen LogP contribution in [0.3, 0.4) is 0 Å². The molecule has 1 aromatic carbocycles. The maximum atomic E-state index is 12.4. The third-order valence-corrected chi connectivity index (χ3v) is 4.93. The predicted octanol–water partition coefficient (Wildman–Crippen LogP) is 2.91. The SMILES string of the molecule is COc1ccc([C@H](C)NC(=O)C[C@H](C)[C@H]2CCCNC2)cc1OC. The second-order valence-electron chi connectivity index (χ2n) is 6.69. The third kappa shape index (κ3) is 4.87. The molecule has 5 nitrogen and oxygen atoms in total. The van der Waals surface area contributed by atoms with Gasteiger partial charge in [-0.25, -0.2) is 0 Å². The van der Waals surface area contributed by atoms with Crippen LogP contribution in [0.15, 0.2) is 18.2 Å². The van der Waals surface area contributed by atoms with Crippen LogP contribution in [0.1, 0.15) is 44.7 Å². The molecule has 134 valence electrons. The Morgan fingerprint density at radius 1 is 1.29 bits per heavy atom. The lowest BCUT2D eigenvalue weighted by Gasteiger charge is -2.28. The monoisotopic (exact) mass is 334 g/mol. The maximum absolute atomic E-state index is 12.4. The van der Waals surface area contributed by atoms with Gasteiger partial charge in [0.05, 0.1) is 20.3 Å². The van der Waals surface area contributed by atoms with Gasteiger partial charge in [0.1, 0.15) is 0 Å². The number of ether oxygens (including phenoxy) is 2. The van der Waals surface area contributed by atoms with E-state index in [1.807, 2.05) is 25.1 Å². The van der Waals surface area contributed by atoms with Crippen molar-refractivity contribution >= 4 is 5.91 Å². The standard InChI is InChI=1S/C19H30N2O3/c1-13(16-6-5-9-20-12-16)10-19(22)21-14(2)15-7-8-17(23-3)18(11-15)24-4/h7-8,11,13-14,16,20H,5-6,9-10,12H2,1-4H3,(H,21,22)/t13-,14-,16-/m0/s1. The first-order chi connectivity index (χ1) is 11.5. The Hall–Kier alpha value is -1.75. The smallest absolute Gasteiger partial charge is 0.220 e. The highest BCUT2D eigenvalue weighted by molar-refractivity contribution is 5.76. The van der Waals surface area contributed by atoms with Crippen molar-refractivity contribution in [2.45, 2.75) is 39.2 Å². The summed E-state index contributed by atoms with van der Waals surface area (Å²) in [6.45, 7) is 6.30. The molecule has 0 aliphatic carbocycles. The summed E-state index contributed by atoms with van der Waals surface area (Å²) in [5.41, 5.74) is 1.01. The lowest BCUT2D eigenvalue weighted by molar-refractivity contribution is -0.123. The normalized spacial score (nSPS) is 20.1. The van der Waals surface area contributed by atoms with Gasteiger partial charge in [-0.05, 0) is 62.4 Å². The van der Waals surface area contributed by atoms with E-state index in [4.69, 9.17) is 9.47 Å². The Morgan fingerprint density at radius 2 is 2.04 bits per heavy atom. The van der Waals surface area contributed by atoms with E-state index in [-0.39, 0.29) is 11.9 Å². The molecule has 0 spiro atoms. The minimum absolute atomic E-state index is 0.0611. The van der Waals surface area contributed by atoms with E-state index in [0.717, 1.165) is 18.7 Å². The summed E-state index contributed by atoms with van der Waals surface area (Å²) < 4.78 is 10.6. The molecule has 1 amide bonds. The van der Waals surface area contributed by atoms with E-state index in [0.29, 0.717) is 29.8 Å². The van der Waals surface area contributed by atoms with Crippen LogP contribution < -0.4 is 20.1 Å². The fourth-order valence-electron chi connectivity index (χ4n) is 3.33. The Kier molecular flexibility index (Phi) is 6.91. The van der Waals surface area contributed by atoms with Crippen LogP contribution in [0.2, 0.25) is 0 Å². The first-order valence-electron chi connectivity index (χ1n) is 8.77. The number of hydrogen-bond donors (Lipinski definition) is 2. The summed E-state index contributed by atoms with van der Waals surface area (Å²) in [6.07, 6.45) is 3.00. The molecule has 1 saturated heterocycles. The Labute approximate surface area is 145 Å². The van der Waals surface area contributed by atoms with E-state index in [2.05, 4.69) is 17.6 Å². The average Bonchev–Trinajstić information content (AvgIpc) is 2.61. The van der Waals surface area contributed by atoms with E-state index in [1.54, 1.807) is 14.2 Å². The second kappa shape index (κ2) is 8.92. The summed E-state index contributed by atoms with van der Waals surface area (Å²) in [5, 5.41) is 6.52. The fourth-order valence-corrected chi connectivity index (χ4v) is 3.33. The van der Waals surface area contributed by atoms with Crippen molar-refractivity contribution in [2.75, 3.05) is 27.3 Å². The van der Waals surface area contributed by atoms with Gasteiger partial charge in [0, 0.05) is 6.42 Å². The highest BCUT2D eigenvalue weighted by Gasteiger charge is 2.22. The minimum atomic E-state index is -0.0611. The number of methoxy groups -OCH3 is 2. The molecule has 1 heterocycles. The van der Waals surface area contributed by atoms with Crippen LogP contribution in [-0.4, -0.2) is 33.2 Å². The molecular formula is C19H30N2O3. The summed E-state index contributed by atoms with van der Waals surface area (Å²) in [7, 11) is 3.23. The summed E-state index contributed by atoms with van der Waals surface area (Å²) in [6, 6.07) is 5.68. The van der Waals surface area contributed by atoms with E-state index in [1.165, 1.54) is 12.8 Å². The molecular weight excluding hydrogens is 304 g/mol. The summed E-state index contributed by atoms with van der Waals surface area (Å²) in [4.78, 5) is 12.4. The first kappa shape index (κ1) is 18.6. The zero-order valence-corrected chi connectivity index (χ0v) is 15.2. The number of piperidine rings is 1. The Bertz CT molecular complexity index is 541. The van der Waals surface area contributed by atoms with Crippen LogP contribution in [-0.2, 0) is 4.79 Å². The highest BCUT2D eigenvalue weighted by Crippen LogP contribution is 2.30. The first-order valence-corrected chi connectivity index (χ1v) is 8.77. The number of carbonyl (C=O) groups is 1. The summed E-state index contributed by atoms with van der Waals surface area (Å²) in [5.74, 6) is 2.47. The van der Waals surface area contributed by atoms with Crippen LogP contribution >= 0.6 is 0 Å². The number of nitrogens with one attached hydrogen (secondary N) is 2. The van der Waals surface area contributed by atoms with Crippen molar-refractivity contribution in [1.29, 1.82) is 0 Å². The van der Waals surface area contributed by atoms with Gasteiger partial charge in [0.25, 0.3) is 0 Å². The van der Waals surface area contributed by atoms with Crippen molar-refractivity contribution in [3.8, 4) is 11.5 Å². The maximum Gasteiger partial charge on any atom is 0.220 e. The minimum Gasteiger partial charge on any atom is -0.493 e. The third-order valence-electron chi connectivity index (χ3n) is 4.93. The number of benzene rings is 1. The molecule has 1 aromatic rings.